The van der Waals surface area contributed by atoms with E-state index in [2.05, 4.69) is 15.5 Å². The second-order valence-electron chi connectivity index (χ2n) is 11.2. The van der Waals surface area contributed by atoms with Gasteiger partial charge in [0, 0.05) is 31.1 Å². The van der Waals surface area contributed by atoms with Crippen LogP contribution in [-0.4, -0.2) is 96.2 Å². The molecule has 2 aromatic heterocycles. The number of ether oxygens (including phenoxy) is 2. The van der Waals surface area contributed by atoms with Crippen molar-refractivity contribution in [1.29, 1.82) is 0 Å². The van der Waals surface area contributed by atoms with Gasteiger partial charge in [0.25, 0.3) is 0 Å². The maximum atomic E-state index is 13.7. The molecule has 1 amide bonds. The fraction of sp³-hybridized carbons (Fsp3) is 0.538. The zero-order chi connectivity index (χ0) is 29.6. The van der Waals surface area contributed by atoms with E-state index >= 15 is 0 Å². The van der Waals surface area contributed by atoms with E-state index in [-0.39, 0.29) is 23.6 Å². The molecule has 2 saturated heterocycles. The molecule has 0 radical (unpaired) electrons. The number of aliphatic hydroxyl groups is 3. The lowest BCUT2D eigenvalue weighted by molar-refractivity contribution is -0.205. The lowest BCUT2D eigenvalue weighted by Crippen LogP contribution is -2.56. The molecule has 5 rings (SSSR count). The Morgan fingerprint density at radius 1 is 1.10 bits per heavy atom. The van der Waals surface area contributed by atoms with Gasteiger partial charge in [-0.15, -0.1) is 5.10 Å². The summed E-state index contributed by atoms with van der Waals surface area (Å²) >= 11 is 0. The van der Waals surface area contributed by atoms with Crippen LogP contribution < -0.4 is 0 Å². The minimum absolute atomic E-state index is 0.0344. The highest BCUT2D eigenvalue weighted by atomic mass is 19.2. The quantitative estimate of drug-likeness (QED) is 0.368. The van der Waals surface area contributed by atoms with Crippen molar-refractivity contribution in [2.75, 3.05) is 19.7 Å². The first-order valence-electron chi connectivity index (χ1n) is 13.0. The molecule has 0 unspecified atom stereocenters. The van der Waals surface area contributed by atoms with Crippen LogP contribution in [0.15, 0.2) is 28.9 Å². The Labute approximate surface area is 232 Å². The number of carbonyl (C=O) groups excluding carboxylic acids is 1. The van der Waals surface area contributed by atoms with E-state index in [1.54, 1.807) is 31.7 Å². The summed E-state index contributed by atoms with van der Waals surface area (Å²) in [7, 11) is 0. The molecule has 0 saturated carbocycles. The lowest BCUT2D eigenvalue weighted by atomic mass is 9.90. The molecule has 0 spiro atoms. The molecule has 3 N–H and O–H groups in total. The van der Waals surface area contributed by atoms with E-state index in [0.29, 0.717) is 24.5 Å². The number of carbonyl (C=O) groups is 1. The molecule has 222 valence electrons. The topological polar surface area (TPSA) is 156 Å². The number of hydrogen-bond donors (Lipinski definition) is 3. The van der Waals surface area contributed by atoms with Crippen LogP contribution in [0.1, 0.15) is 44.2 Å². The maximum Gasteiger partial charge on any atom is 0.410 e. The van der Waals surface area contributed by atoms with Crippen molar-refractivity contribution in [3.63, 3.8) is 0 Å². The Morgan fingerprint density at radius 2 is 1.76 bits per heavy atom. The smallest absolute Gasteiger partial charge is 0.410 e. The van der Waals surface area contributed by atoms with Crippen molar-refractivity contribution >= 4 is 6.09 Å². The number of aromatic nitrogens is 4. The molecule has 2 aliphatic heterocycles. The standard InChI is InChI=1S/C26H30F3N5O7/c1-26(2,3)40-25(38)33-8-13(9-33)18-6-14(31-41-18)7-19-23(36)22(24(37)20(11-35)39-19)34-10-17(30-32-34)12-4-15(27)21(29)16(28)5-12/h4-6,10,13,19-20,22-24,35-37H,7-9,11H2,1-3H3/t19-,20-,22-,23+,24+/m1/s1. The van der Waals surface area contributed by atoms with Gasteiger partial charge in [-0.3, -0.25) is 0 Å². The van der Waals surface area contributed by atoms with E-state index in [0.717, 1.165) is 16.8 Å². The highest BCUT2D eigenvalue weighted by Gasteiger charge is 2.46. The van der Waals surface area contributed by atoms with Crippen molar-refractivity contribution in [3.05, 3.63) is 53.3 Å². The molecular formula is C26H30F3N5O7. The Bertz CT molecular complexity index is 1380. The maximum absolute atomic E-state index is 13.7. The summed E-state index contributed by atoms with van der Waals surface area (Å²) in [6.07, 6.45) is -4.02. The predicted octanol–water partition coefficient (Wildman–Crippen LogP) is 1.95. The minimum Gasteiger partial charge on any atom is -0.444 e. The second-order valence-corrected chi connectivity index (χ2v) is 11.2. The number of nitrogens with zero attached hydrogens (tertiary/aromatic N) is 5. The van der Waals surface area contributed by atoms with Crippen molar-refractivity contribution in [3.8, 4) is 11.3 Å². The Morgan fingerprint density at radius 3 is 2.39 bits per heavy atom. The molecule has 2 fully saturated rings. The molecular weight excluding hydrogens is 551 g/mol. The molecule has 5 atom stereocenters. The Kier molecular flexibility index (Phi) is 7.80. The summed E-state index contributed by atoms with van der Waals surface area (Å²) in [5.74, 6) is -3.99. The zero-order valence-electron chi connectivity index (χ0n) is 22.4. The normalized spacial score (nSPS) is 25.3. The molecule has 1 aromatic carbocycles. The van der Waals surface area contributed by atoms with Crippen molar-refractivity contribution in [2.45, 2.75) is 69.2 Å². The van der Waals surface area contributed by atoms with Gasteiger partial charge in [0.2, 0.25) is 0 Å². The van der Waals surface area contributed by atoms with Gasteiger partial charge in [-0.1, -0.05) is 10.4 Å². The van der Waals surface area contributed by atoms with Crippen molar-refractivity contribution in [1.82, 2.24) is 25.1 Å². The van der Waals surface area contributed by atoms with Gasteiger partial charge >= 0.3 is 6.09 Å². The van der Waals surface area contributed by atoms with Crippen molar-refractivity contribution < 1.29 is 47.3 Å². The van der Waals surface area contributed by atoms with Crippen LogP contribution in [-0.2, 0) is 15.9 Å². The fourth-order valence-corrected chi connectivity index (χ4v) is 4.88. The number of benzene rings is 1. The van der Waals surface area contributed by atoms with Gasteiger partial charge in [0.15, 0.2) is 17.5 Å². The molecule has 2 aliphatic rings. The Hall–Kier alpha value is -3.53. The van der Waals surface area contributed by atoms with E-state index in [9.17, 15) is 33.3 Å². The third-order valence-corrected chi connectivity index (χ3v) is 7.01. The average Bonchev–Trinajstić information content (AvgIpc) is 3.52. The molecule has 0 bridgehead atoms. The minimum atomic E-state index is -1.63. The largest absolute Gasteiger partial charge is 0.444 e. The number of hydrogen-bond acceptors (Lipinski definition) is 10. The summed E-state index contributed by atoms with van der Waals surface area (Å²) in [6, 6.07) is 2.02. The molecule has 3 aromatic rings. The summed E-state index contributed by atoms with van der Waals surface area (Å²) in [5, 5.41) is 43.6. The van der Waals surface area contributed by atoms with Gasteiger partial charge < -0.3 is 34.2 Å². The first kappa shape index (κ1) is 29.0. The molecule has 15 heteroatoms. The van der Waals surface area contributed by atoms with E-state index < -0.39 is 66.2 Å². The number of rotatable bonds is 6. The van der Waals surface area contributed by atoms with Crippen LogP contribution >= 0.6 is 0 Å². The van der Waals surface area contributed by atoms with E-state index in [1.165, 1.54) is 6.20 Å². The third kappa shape index (κ3) is 5.93. The van der Waals surface area contributed by atoms with Gasteiger partial charge in [0.05, 0.1) is 30.5 Å². The summed E-state index contributed by atoms with van der Waals surface area (Å²) in [5.41, 5.74) is -0.309. The van der Waals surface area contributed by atoms with Crippen LogP contribution in [0, 0.1) is 17.5 Å². The summed E-state index contributed by atoms with van der Waals surface area (Å²) < 4.78 is 58.5. The lowest BCUT2D eigenvalue weighted by Gasteiger charge is -2.42. The number of aliphatic hydroxyl groups excluding tert-OH is 3. The summed E-state index contributed by atoms with van der Waals surface area (Å²) in [4.78, 5) is 13.7. The first-order valence-corrected chi connectivity index (χ1v) is 13.0. The SMILES string of the molecule is CC(C)(C)OC(=O)N1CC(c2cc(C[C@H]3O[C@H](CO)[C@H](O)[C@H](n4cc(-c5cc(F)c(F)c(F)c5)nn4)[C@H]3O)no2)C1. The fourth-order valence-electron chi connectivity index (χ4n) is 4.88. The first-order chi connectivity index (χ1) is 19.3. The number of likely N-dealkylation sites (tertiary alicyclic amines) is 1. The van der Waals surface area contributed by atoms with Crippen LogP contribution in [0.3, 0.4) is 0 Å². The molecule has 4 heterocycles. The zero-order valence-corrected chi connectivity index (χ0v) is 22.4. The van der Waals surface area contributed by atoms with Crippen LogP contribution in [0.4, 0.5) is 18.0 Å². The molecule has 12 nitrogen and oxygen atoms in total. The molecule has 0 aliphatic carbocycles. The second kappa shape index (κ2) is 11.0. The summed E-state index contributed by atoms with van der Waals surface area (Å²) in [6.45, 7) is 5.56. The predicted molar refractivity (Wildman–Crippen MR) is 133 cm³/mol. The van der Waals surface area contributed by atoms with Crippen LogP contribution in [0.5, 0.6) is 0 Å². The molecule has 41 heavy (non-hydrogen) atoms. The van der Waals surface area contributed by atoms with Crippen LogP contribution in [0.2, 0.25) is 0 Å². The van der Waals surface area contributed by atoms with E-state index in [1.807, 2.05) is 0 Å². The van der Waals surface area contributed by atoms with Gasteiger partial charge in [-0.05, 0) is 32.9 Å². The van der Waals surface area contributed by atoms with Crippen molar-refractivity contribution in [2.24, 2.45) is 0 Å². The Balaban J connectivity index is 1.28. The van der Waals surface area contributed by atoms with Gasteiger partial charge in [-0.2, -0.15) is 0 Å². The number of halogens is 3. The monoisotopic (exact) mass is 581 g/mol. The average molecular weight is 582 g/mol. The number of amides is 1. The highest BCUT2D eigenvalue weighted by molar-refractivity contribution is 5.69. The van der Waals surface area contributed by atoms with Crippen LogP contribution in [0.25, 0.3) is 11.3 Å². The third-order valence-electron chi connectivity index (χ3n) is 7.01. The highest BCUT2D eigenvalue weighted by Crippen LogP contribution is 2.34. The van der Waals surface area contributed by atoms with Gasteiger partial charge in [-0.25, -0.2) is 22.6 Å². The van der Waals surface area contributed by atoms with Gasteiger partial charge in [0.1, 0.15) is 41.4 Å². The van der Waals surface area contributed by atoms with E-state index in [4.69, 9.17) is 14.0 Å².